The number of para-hydroxylation sites is 1. The van der Waals surface area contributed by atoms with Gasteiger partial charge in [0, 0.05) is 16.7 Å². The summed E-state index contributed by atoms with van der Waals surface area (Å²) in [6.07, 6.45) is 1.64. The van der Waals surface area contributed by atoms with Crippen LogP contribution in [-0.4, -0.2) is 25.7 Å². The first-order valence-corrected chi connectivity index (χ1v) is 9.06. The van der Waals surface area contributed by atoms with E-state index >= 15 is 0 Å². The van der Waals surface area contributed by atoms with Gasteiger partial charge in [-0.25, -0.2) is 8.42 Å². The van der Waals surface area contributed by atoms with Crippen LogP contribution < -0.4 is 4.74 Å². The maximum atomic E-state index is 10.8. The summed E-state index contributed by atoms with van der Waals surface area (Å²) in [5, 5.41) is 10.8. The van der Waals surface area contributed by atoms with Gasteiger partial charge in [0.25, 0.3) is 0 Å². The summed E-state index contributed by atoms with van der Waals surface area (Å²) in [5.41, 5.74) is -0.109. The monoisotopic (exact) mass is 385 g/mol. The molecule has 1 rings (SSSR count). The molecule has 0 saturated carbocycles. The van der Waals surface area contributed by atoms with Gasteiger partial charge in [-0.15, -0.1) is 0 Å². The molecule has 0 aliphatic carbocycles. The van der Waals surface area contributed by atoms with Crippen LogP contribution in [0.1, 0.15) is 19.3 Å². The normalized spacial score (nSPS) is 11.3. The van der Waals surface area contributed by atoms with Crippen molar-refractivity contribution in [1.82, 2.24) is 0 Å². The van der Waals surface area contributed by atoms with E-state index in [-0.39, 0.29) is 23.8 Å². The predicted molar refractivity (Wildman–Crippen MR) is 79.8 cm³/mol. The number of benzene rings is 1. The highest BCUT2D eigenvalue weighted by Gasteiger charge is 2.17. The van der Waals surface area contributed by atoms with Crippen LogP contribution in [-0.2, 0) is 9.05 Å². The zero-order valence-electron chi connectivity index (χ0n) is 10.4. The fourth-order valence-electron chi connectivity index (χ4n) is 1.51. The smallest absolute Gasteiger partial charge is 0.312 e. The molecule has 1 aromatic carbocycles. The van der Waals surface area contributed by atoms with Crippen molar-refractivity contribution >= 4 is 41.4 Å². The molecule has 0 spiro atoms. The van der Waals surface area contributed by atoms with E-state index in [2.05, 4.69) is 15.9 Å². The van der Waals surface area contributed by atoms with E-state index in [4.69, 9.17) is 15.4 Å². The molecule has 112 valence electrons. The molecule has 0 atom stereocenters. The maximum Gasteiger partial charge on any atom is 0.312 e. The molecule has 20 heavy (non-hydrogen) atoms. The second kappa shape index (κ2) is 7.80. The van der Waals surface area contributed by atoms with E-state index in [9.17, 15) is 18.5 Å². The van der Waals surface area contributed by atoms with E-state index in [1.54, 1.807) is 12.1 Å². The summed E-state index contributed by atoms with van der Waals surface area (Å²) in [6, 6.07) is 4.57. The van der Waals surface area contributed by atoms with E-state index in [0.717, 1.165) is 0 Å². The Bertz CT molecular complexity index is 578. The first-order chi connectivity index (χ1) is 9.31. The number of ether oxygens (including phenoxy) is 1. The van der Waals surface area contributed by atoms with Crippen LogP contribution in [0.2, 0.25) is 0 Å². The molecular formula is C11H13BrClNO5S. The number of hydrogen-bond acceptors (Lipinski definition) is 5. The van der Waals surface area contributed by atoms with Crippen LogP contribution in [0.15, 0.2) is 22.7 Å². The number of rotatable bonds is 8. The topological polar surface area (TPSA) is 86.5 Å². The summed E-state index contributed by atoms with van der Waals surface area (Å²) >= 11 is 3.20. The summed E-state index contributed by atoms with van der Waals surface area (Å²) in [7, 11) is 1.62. The fourth-order valence-corrected chi connectivity index (χ4v) is 2.86. The van der Waals surface area contributed by atoms with Crippen molar-refractivity contribution in [2.45, 2.75) is 19.3 Å². The minimum absolute atomic E-state index is 0.0796. The van der Waals surface area contributed by atoms with Gasteiger partial charge < -0.3 is 4.74 Å². The third kappa shape index (κ3) is 6.06. The van der Waals surface area contributed by atoms with Gasteiger partial charge in [0.2, 0.25) is 14.8 Å². The van der Waals surface area contributed by atoms with Crippen LogP contribution in [0, 0.1) is 10.1 Å². The summed E-state index contributed by atoms with van der Waals surface area (Å²) in [5.74, 6) is 0.103. The van der Waals surface area contributed by atoms with Gasteiger partial charge in [-0.3, -0.25) is 10.1 Å². The van der Waals surface area contributed by atoms with Crippen LogP contribution in [0.3, 0.4) is 0 Å². The van der Waals surface area contributed by atoms with E-state index < -0.39 is 14.0 Å². The molecule has 0 saturated heterocycles. The number of halogens is 2. The molecule has 0 bridgehead atoms. The lowest BCUT2D eigenvalue weighted by Crippen LogP contribution is -2.03. The van der Waals surface area contributed by atoms with Gasteiger partial charge in [0.05, 0.1) is 21.8 Å². The second-order valence-electron chi connectivity index (χ2n) is 4.00. The van der Waals surface area contributed by atoms with Crippen molar-refractivity contribution < 1.29 is 18.1 Å². The Labute approximate surface area is 129 Å². The highest BCUT2D eigenvalue weighted by atomic mass is 79.9. The number of hydrogen-bond donors (Lipinski definition) is 0. The highest BCUT2D eigenvalue weighted by Crippen LogP contribution is 2.34. The summed E-state index contributed by atoms with van der Waals surface area (Å²) in [6.45, 7) is 0.270. The third-order valence-corrected chi connectivity index (χ3v) is 4.29. The highest BCUT2D eigenvalue weighted by molar-refractivity contribution is 9.10. The van der Waals surface area contributed by atoms with Crippen molar-refractivity contribution in [2.24, 2.45) is 0 Å². The number of nitrogens with zero attached hydrogens (tertiary/aromatic N) is 1. The van der Waals surface area contributed by atoms with Crippen molar-refractivity contribution in [1.29, 1.82) is 0 Å². The molecule has 0 amide bonds. The van der Waals surface area contributed by atoms with E-state index in [1.807, 2.05) is 0 Å². The van der Waals surface area contributed by atoms with Crippen molar-refractivity contribution in [3.05, 3.63) is 32.8 Å². The lowest BCUT2D eigenvalue weighted by molar-refractivity contribution is -0.386. The Morgan fingerprint density at radius 1 is 1.30 bits per heavy atom. The average Bonchev–Trinajstić information content (AvgIpc) is 2.33. The number of nitro benzene ring substituents is 1. The van der Waals surface area contributed by atoms with E-state index in [1.165, 1.54) is 6.07 Å². The van der Waals surface area contributed by atoms with Gasteiger partial charge in [0.15, 0.2) is 0 Å². The van der Waals surface area contributed by atoms with Crippen molar-refractivity contribution in [2.75, 3.05) is 12.4 Å². The molecule has 0 aliphatic heterocycles. The zero-order chi connectivity index (χ0) is 15.2. The predicted octanol–water partition coefficient (Wildman–Crippen LogP) is 3.48. The van der Waals surface area contributed by atoms with Gasteiger partial charge >= 0.3 is 5.69 Å². The average molecular weight is 387 g/mol. The van der Waals surface area contributed by atoms with Gasteiger partial charge in [-0.2, -0.15) is 0 Å². The fraction of sp³-hybridized carbons (Fsp3) is 0.455. The molecule has 0 fully saturated rings. The number of unbranched alkanes of at least 4 members (excludes halogenated alkanes) is 2. The first-order valence-electron chi connectivity index (χ1n) is 5.79. The molecule has 0 heterocycles. The summed E-state index contributed by atoms with van der Waals surface area (Å²) < 4.78 is 27.3. The zero-order valence-corrected chi connectivity index (χ0v) is 13.6. The second-order valence-corrected chi connectivity index (χ2v) is 7.75. The lowest BCUT2D eigenvalue weighted by Gasteiger charge is -2.08. The Balaban J connectivity index is 2.45. The Morgan fingerprint density at radius 3 is 2.60 bits per heavy atom. The molecular weight excluding hydrogens is 374 g/mol. The van der Waals surface area contributed by atoms with Gasteiger partial charge in [-0.05, 0) is 41.3 Å². The molecule has 0 unspecified atom stereocenters. The molecule has 0 radical (unpaired) electrons. The largest absolute Gasteiger partial charge is 0.486 e. The molecule has 0 N–H and O–H groups in total. The standard InChI is InChI=1S/C11H13BrClNO5S/c12-9-5-4-6-10(14(15)16)11(9)19-7-2-1-3-8-20(13,17)18/h4-6H,1-3,7-8H2. The van der Waals surface area contributed by atoms with Crippen molar-refractivity contribution in [3.63, 3.8) is 0 Å². The molecule has 9 heteroatoms. The van der Waals surface area contributed by atoms with E-state index in [0.29, 0.717) is 23.7 Å². The Kier molecular flexibility index (Phi) is 6.70. The van der Waals surface area contributed by atoms with Crippen LogP contribution in [0.25, 0.3) is 0 Å². The Morgan fingerprint density at radius 2 is 2.00 bits per heavy atom. The van der Waals surface area contributed by atoms with Crippen molar-refractivity contribution in [3.8, 4) is 5.75 Å². The SMILES string of the molecule is O=[N+]([O-])c1cccc(Br)c1OCCCCCS(=O)(=O)Cl. The minimum Gasteiger partial charge on any atom is -0.486 e. The van der Waals surface area contributed by atoms with Gasteiger partial charge in [-0.1, -0.05) is 6.07 Å². The van der Waals surface area contributed by atoms with Crippen LogP contribution in [0.5, 0.6) is 5.75 Å². The quantitative estimate of drug-likeness (QED) is 0.295. The molecule has 6 nitrogen and oxygen atoms in total. The Hall–Kier alpha value is -0.860. The van der Waals surface area contributed by atoms with Gasteiger partial charge in [0.1, 0.15) is 0 Å². The third-order valence-electron chi connectivity index (χ3n) is 2.42. The minimum atomic E-state index is -3.45. The van der Waals surface area contributed by atoms with Crippen LogP contribution >= 0.6 is 26.6 Å². The van der Waals surface area contributed by atoms with Crippen LogP contribution in [0.4, 0.5) is 5.69 Å². The summed E-state index contributed by atoms with van der Waals surface area (Å²) in [4.78, 5) is 10.3. The lowest BCUT2D eigenvalue weighted by atomic mass is 10.2. The number of nitro groups is 1. The first kappa shape index (κ1) is 17.2. The maximum absolute atomic E-state index is 10.8. The molecule has 0 aromatic heterocycles. The molecule has 1 aromatic rings. The molecule has 0 aliphatic rings.